The Morgan fingerprint density at radius 3 is 2.50 bits per heavy atom. The van der Waals surface area contributed by atoms with Crippen molar-refractivity contribution in [3.8, 4) is 0 Å². The van der Waals surface area contributed by atoms with Gasteiger partial charge < -0.3 is 5.32 Å². The lowest BCUT2D eigenvalue weighted by Crippen LogP contribution is -2.22. The van der Waals surface area contributed by atoms with Crippen molar-refractivity contribution in [3.63, 3.8) is 0 Å². The lowest BCUT2D eigenvalue weighted by Gasteiger charge is -2.18. The zero-order valence-electron chi connectivity index (χ0n) is 12.1. The highest BCUT2D eigenvalue weighted by atomic mass is 35.5. The van der Waals surface area contributed by atoms with Crippen LogP contribution in [0, 0.1) is 6.92 Å². The van der Waals surface area contributed by atoms with E-state index in [0.717, 1.165) is 22.9 Å². The van der Waals surface area contributed by atoms with Crippen LogP contribution in [0.4, 0.5) is 0 Å². The zero-order chi connectivity index (χ0) is 14.5. The molecule has 20 heavy (non-hydrogen) atoms. The number of rotatable bonds is 6. The number of thioether (sulfide) groups is 1. The molecule has 0 saturated carbocycles. The van der Waals surface area contributed by atoms with E-state index in [0.29, 0.717) is 0 Å². The molecule has 0 fully saturated rings. The van der Waals surface area contributed by atoms with E-state index in [1.165, 1.54) is 15.3 Å². The van der Waals surface area contributed by atoms with Gasteiger partial charge in [-0.15, -0.1) is 23.1 Å². The van der Waals surface area contributed by atoms with Gasteiger partial charge in [-0.3, -0.25) is 0 Å². The highest BCUT2D eigenvalue weighted by Gasteiger charge is 2.16. The molecule has 1 atom stereocenters. The van der Waals surface area contributed by atoms with Crippen molar-refractivity contribution in [1.82, 2.24) is 5.32 Å². The molecule has 0 amide bonds. The molecule has 0 radical (unpaired) electrons. The molecule has 1 aromatic heterocycles. The summed E-state index contributed by atoms with van der Waals surface area (Å²) in [6.45, 7) is 5.26. The van der Waals surface area contributed by atoms with Crippen molar-refractivity contribution < 1.29 is 0 Å². The predicted octanol–water partition coefficient (Wildman–Crippen LogP) is 5.52. The van der Waals surface area contributed by atoms with Crippen molar-refractivity contribution in [2.24, 2.45) is 0 Å². The van der Waals surface area contributed by atoms with E-state index in [1.54, 1.807) is 23.1 Å². The predicted molar refractivity (Wildman–Crippen MR) is 92.4 cm³/mol. The Hall–Kier alpha value is -0.480. The molecule has 0 aliphatic rings. The van der Waals surface area contributed by atoms with Crippen LogP contribution in [0.1, 0.15) is 35.4 Å². The molecule has 0 aliphatic heterocycles. The fourth-order valence-corrected chi connectivity index (χ4v) is 3.82. The third-order valence-corrected chi connectivity index (χ3v) is 5.57. The van der Waals surface area contributed by atoms with E-state index in [2.05, 4.69) is 55.8 Å². The molecular weight excluding hydrogens is 306 g/mol. The van der Waals surface area contributed by atoms with E-state index in [4.69, 9.17) is 11.6 Å². The second-order valence-electron chi connectivity index (χ2n) is 4.77. The number of hydrogen-bond acceptors (Lipinski definition) is 3. The number of nitrogens with one attached hydrogen (secondary N) is 1. The van der Waals surface area contributed by atoms with Crippen molar-refractivity contribution in [3.05, 3.63) is 50.7 Å². The fourth-order valence-electron chi connectivity index (χ4n) is 2.09. The number of benzene rings is 1. The molecule has 2 rings (SSSR count). The van der Waals surface area contributed by atoms with Gasteiger partial charge in [0.25, 0.3) is 0 Å². The Bertz CT molecular complexity index is 529. The van der Waals surface area contributed by atoms with Gasteiger partial charge in [-0.1, -0.05) is 30.7 Å². The molecule has 0 bridgehead atoms. The third-order valence-electron chi connectivity index (χ3n) is 3.21. The molecule has 0 saturated heterocycles. The number of halogens is 1. The first-order valence-corrected chi connectivity index (χ1v) is 9.20. The largest absolute Gasteiger partial charge is 0.306 e. The van der Waals surface area contributed by atoms with Crippen LogP contribution in [0.5, 0.6) is 0 Å². The normalized spacial score (nSPS) is 12.6. The minimum atomic E-state index is 0.238. The van der Waals surface area contributed by atoms with Crippen LogP contribution < -0.4 is 5.32 Å². The lowest BCUT2D eigenvalue weighted by molar-refractivity contribution is 0.605. The smallest absolute Gasteiger partial charge is 0.0961 e. The van der Waals surface area contributed by atoms with Crippen LogP contribution in [-0.2, 0) is 0 Å². The summed E-state index contributed by atoms with van der Waals surface area (Å²) in [5, 5.41) is 3.62. The molecule has 0 aliphatic carbocycles. The maximum Gasteiger partial charge on any atom is 0.0961 e. The molecule has 1 nitrogen and oxygen atoms in total. The maximum atomic E-state index is 6.23. The van der Waals surface area contributed by atoms with Gasteiger partial charge in [0, 0.05) is 9.77 Å². The first-order chi connectivity index (χ1) is 9.65. The summed E-state index contributed by atoms with van der Waals surface area (Å²) in [7, 11) is 0. The van der Waals surface area contributed by atoms with E-state index in [1.807, 2.05) is 0 Å². The van der Waals surface area contributed by atoms with Gasteiger partial charge >= 0.3 is 0 Å². The van der Waals surface area contributed by atoms with Gasteiger partial charge in [-0.25, -0.2) is 0 Å². The van der Waals surface area contributed by atoms with Gasteiger partial charge in [0.05, 0.1) is 10.4 Å². The number of aryl methyl sites for hydroxylation is 1. The molecule has 1 heterocycles. The zero-order valence-corrected chi connectivity index (χ0v) is 14.5. The first kappa shape index (κ1) is 15.9. The highest BCUT2D eigenvalue weighted by molar-refractivity contribution is 7.98. The summed E-state index contributed by atoms with van der Waals surface area (Å²) < 4.78 is 0.893. The van der Waals surface area contributed by atoms with Crippen LogP contribution in [0.15, 0.2) is 35.2 Å². The van der Waals surface area contributed by atoms with Crippen molar-refractivity contribution in [2.45, 2.75) is 31.2 Å². The topological polar surface area (TPSA) is 12.0 Å². The Labute approximate surface area is 134 Å². The van der Waals surface area contributed by atoms with E-state index in [-0.39, 0.29) is 6.04 Å². The van der Waals surface area contributed by atoms with E-state index >= 15 is 0 Å². The summed E-state index contributed by atoms with van der Waals surface area (Å²) >= 11 is 9.68. The van der Waals surface area contributed by atoms with Crippen LogP contribution >= 0.6 is 34.7 Å². The van der Waals surface area contributed by atoms with E-state index < -0.39 is 0 Å². The van der Waals surface area contributed by atoms with Gasteiger partial charge in [0.15, 0.2) is 0 Å². The summed E-state index contributed by atoms with van der Waals surface area (Å²) in [5.41, 5.74) is 2.46. The Morgan fingerprint density at radius 2 is 2.00 bits per heavy atom. The van der Waals surface area contributed by atoms with Crippen LogP contribution in [-0.4, -0.2) is 12.8 Å². The molecule has 1 N–H and O–H groups in total. The lowest BCUT2D eigenvalue weighted by atomic mass is 10.0. The van der Waals surface area contributed by atoms with Crippen LogP contribution in [0.3, 0.4) is 0 Å². The monoisotopic (exact) mass is 325 g/mol. The number of hydrogen-bond donors (Lipinski definition) is 1. The first-order valence-electron chi connectivity index (χ1n) is 6.79. The molecule has 4 heteroatoms. The van der Waals surface area contributed by atoms with Gasteiger partial charge in [-0.2, -0.15) is 0 Å². The quantitative estimate of drug-likeness (QED) is 0.702. The van der Waals surface area contributed by atoms with Gasteiger partial charge in [-0.05, 0) is 55.5 Å². The molecule has 0 spiro atoms. The molecule has 1 unspecified atom stereocenters. The van der Waals surface area contributed by atoms with Crippen LogP contribution in [0.2, 0.25) is 4.34 Å². The highest BCUT2D eigenvalue weighted by Crippen LogP contribution is 2.34. The Balaban J connectivity index is 2.30. The average molecular weight is 326 g/mol. The fraction of sp³-hybridized carbons (Fsp3) is 0.375. The average Bonchev–Trinajstić information content (AvgIpc) is 2.79. The third kappa shape index (κ3) is 3.79. The minimum Gasteiger partial charge on any atom is -0.306 e. The van der Waals surface area contributed by atoms with Crippen molar-refractivity contribution >= 4 is 34.7 Å². The summed E-state index contributed by atoms with van der Waals surface area (Å²) in [5.74, 6) is 0. The van der Waals surface area contributed by atoms with Gasteiger partial charge in [0.1, 0.15) is 0 Å². The summed E-state index contributed by atoms with van der Waals surface area (Å²) in [6, 6.07) is 11.2. The van der Waals surface area contributed by atoms with Crippen LogP contribution in [0.25, 0.3) is 0 Å². The standard InChI is InChI=1S/C16H20ClNS2/c1-4-9-18-15(14-10-11(2)16(17)20-14)12-5-7-13(19-3)8-6-12/h5-8,10,15,18H,4,9H2,1-3H3. The molecule has 108 valence electrons. The SMILES string of the molecule is CCCNC(c1ccc(SC)cc1)c1cc(C)c(Cl)s1. The van der Waals surface area contributed by atoms with E-state index in [9.17, 15) is 0 Å². The summed E-state index contributed by atoms with van der Waals surface area (Å²) in [6.07, 6.45) is 3.22. The maximum absolute atomic E-state index is 6.23. The van der Waals surface area contributed by atoms with Gasteiger partial charge in [0.2, 0.25) is 0 Å². The second kappa shape index (κ2) is 7.51. The van der Waals surface area contributed by atoms with Crippen molar-refractivity contribution in [2.75, 3.05) is 12.8 Å². The molecular formula is C16H20ClNS2. The van der Waals surface area contributed by atoms with Crippen molar-refractivity contribution in [1.29, 1.82) is 0 Å². The number of thiophene rings is 1. The Kier molecular flexibility index (Phi) is 5.97. The molecule has 1 aromatic carbocycles. The second-order valence-corrected chi connectivity index (χ2v) is 7.33. The Morgan fingerprint density at radius 1 is 1.30 bits per heavy atom. The molecule has 2 aromatic rings. The summed E-state index contributed by atoms with van der Waals surface area (Å²) in [4.78, 5) is 2.58. The minimum absolute atomic E-state index is 0.238.